The van der Waals surface area contributed by atoms with Crippen LogP contribution in [0.1, 0.15) is 29.4 Å². The predicted molar refractivity (Wildman–Crippen MR) is 101 cm³/mol. The van der Waals surface area contributed by atoms with Gasteiger partial charge in [0.05, 0.1) is 37.5 Å². The molecule has 1 aromatic heterocycles. The van der Waals surface area contributed by atoms with E-state index in [0.29, 0.717) is 0 Å². The summed E-state index contributed by atoms with van der Waals surface area (Å²) < 4.78 is 66.0. The Labute approximate surface area is 168 Å². The number of anilines is 1. The number of nitrogens with zero attached hydrogens (tertiary/aromatic N) is 2. The van der Waals surface area contributed by atoms with Gasteiger partial charge in [-0.2, -0.15) is 13.2 Å². The molecule has 3 rings (SSSR count). The SMILES string of the molecule is CCS(=O)c1ccc(F)cc1Nn1cnc2c(c1=O)C=C(C(F)(F)F)CC2Br. The summed E-state index contributed by atoms with van der Waals surface area (Å²) in [7, 11) is -1.45. The number of alkyl halides is 4. The van der Waals surface area contributed by atoms with E-state index in [1.165, 1.54) is 6.07 Å². The van der Waals surface area contributed by atoms with Crippen molar-refractivity contribution in [1.82, 2.24) is 9.66 Å². The van der Waals surface area contributed by atoms with Crippen LogP contribution in [-0.4, -0.2) is 25.8 Å². The second kappa shape index (κ2) is 7.78. The average molecular weight is 480 g/mol. The summed E-state index contributed by atoms with van der Waals surface area (Å²) in [6.07, 6.45) is -3.04. The molecule has 0 spiro atoms. The number of allylic oxidation sites excluding steroid dienone is 1. The van der Waals surface area contributed by atoms with Crippen molar-refractivity contribution in [3.63, 3.8) is 0 Å². The third kappa shape index (κ3) is 4.04. The molecule has 2 unspecified atom stereocenters. The Morgan fingerprint density at radius 3 is 2.75 bits per heavy atom. The van der Waals surface area contributed by atoms with E-state index in [4.69, 9.17) is 0 Å². The fourth-order valence-corrected chi connectivity index (χ4v) is 4.33. The van der Waals surface area contributed by atoms with Crippen LogP contribution in [-0.2, 0) is 10.8 Å². The van der Waals surface area contributed by atoms with Gasteiger partial charge < -0.3 is 0 Å². The average Bonchev–Trinajstić information content (AvgIpc) is 2.63. The third-order valence-electron chi connectivity index (χ3n) is 4.11. The first kappa shape index (κ1) is 20.7. The highest BCUT2D eigenvalue weighted by atomic mass is 79.9. The van der Waals surface area contributed by atoms with Gasteiger partial charge in [0.25, 0.3) is 5.56 Å². The highest BCUT2D eigenvalue weighted by Gasteiger charge is 2.38. The van der Waals surface area contributed by atoms with Crippen molar-refractivity contribution in [3.05, 3.63) is 57.5 Å². The van der Waals surface area contributed by atoms with Gasteiger partial charge in [-0.05, 0) is 24.6 Å². The van der Waals surface area contributed by atoms with Crippen LogP contribution >= 0.6 is 15.9 Å². The van der Waals surface area contributed by atoms with Crippen molar-refractivity contribution in [1.29, 1.82) is 0 Å². The molecular weight excluding hydrogens is 466 g/mol. The van der Waals surface area contributed by atoms with E-state index in [1.54, 1.807) is 6.92 Å². The van der Waals surface area contributed by atoms with Crippen LogP contribution in [0.4, 0.5) is 23.2 Å². The Morgan fingerprint density at radius 2 is 2.11 bits per heavy atom. The third-order valence-corrected chi connectivity index (χ3v) is 6.23. The summed E-state index contributed by atoms with van der Waals surface area (Å²) in [5, 5.41) is 0. The quantitative estimate of drug-likeness (QED) is 0.527. The minimum Gasteiger partial charge on any atom is -0.289 e. The van der Waals surface area contributed by atoms with Gasteiger partial charge in [-0.15, -0.1) is 0 Å². The molecule has 0 bridgehead atoms. The largest absolute Gasteiger partial charge is 0.412 e. The van der Waals surface area contributed by atoms with Gasteiger partial charge in [0.1, 0.15) is 12.1 Å². The fraction of sp³-hybridized carbons (Fsp3) is 0.294. The Balaban J connectivity index is 2.09. The standard InChI is InChI=1S/C17H14BrF4N3O2S/c1-2-28(27)14-4-3-10(19)7-13(14)24-25-8-23-15-11(16(25)26)5-9(6-12(15)18)17(20,21)22/h3-5,7-8,12,24H,2,6H2,1H3. The molecule has 1 aliphatic rings. The second-order valence-corrected chi connectivity index (χ2v) is 8.76. The number of halogens is 5. The van der Waals surface area contributed by atoms with E-state index >= 15 is 0 Å². The van der Waals surface area contributed by atoms with Gasteiger partial charge >= 0.3 is 6.18 Å². The van der Waals surface area contributed by atoms with E-state index in [9.17, 15) is 26.6 Å². The first-order chi connectivity index (χ1) is 13.1. The lowest BCUT2D eigenvalue weighted by molar-refractivity contribution is -0.0932. The van der Waals surface area contributed by atoms with Gasteiger partial charge in [-0.1, -0.05) is 22.9 Å². The summed E-state index contributed by atoms with van der Waals surface area (Å²) in [6.45, 7) is 1.68. The Kier molecular flexibility index (Phi) is 5.76. The van der Waals surface area contributed by atoms with Crippen molar-refractivity contribution in [2.75, 3.05) is 11.2 Å². The molecule has 0 aliphatic heterocycles. The molecule has 28 heavy (non-hydrogen) atoms. The fourth-order valence-electron chi connectivity index (χ4n) is 2.74. The topological polar surface area (TPSA) is 64.0 Å². The highest BCUT2D eigenvalue weighted by Crippen LogP contribution is 2.41. The van der Waals surface area contributed by atoms with Crippen LogP contribution in [0.25, 0.3) is 6.08 Å². The number of hydrogen-bond donors (Lipinski definition) is 1. The molecule has 1 heterocycles. The zero-order valence-corrected chi connectivity index (χ0v) is 16.8. The Morgan fingerprint density at radius 1 is 1.39 bits per heavy atom. The summed E-state index contributed by atoms with van der Waals surface area (Å²) in [4.78, 5) is 16.3. The summed E-state index contributed by atoms with van der Waals surface area (Å²) in [6, 6.07) is 3.51. The van der Waals surface area contributed by atoms with Gasteiger partial charge in [0.2, 0.25) is 0 Å². The molecular formula is C17H14BrF4N3O2S. The molecule has 0 amide bonds. The van der Waals surface area contributed by atoms with E-state index in [1.807, 2.05) is 0 Å². The van der Waals surface area contributed by atoms with Crippen molar-refractivity contribution in [3.8, 4) is 0 Å². The van der Waals surface area contributed by atoms with Crippen molar-refractivity contribution >= 4 is 38.5 Å². The summed E-state index contributed by atoms with van der Waals surface area (Å²) in [5.41, 5.74) is 0.999. The molecule has 2 aromatic rings. The summed E-state index contributed by atoms with van der Waals surface area (Å²) in [5.74, 6) is -0.362. The molecule has 150 valence electrons. The van der Waals surface area contributed by atoms with Crippen molar-refractivity contribution < 1.29 is 21.8 Å². The van der Waals surface area contributed by atoms with Crippen molar-refractivity contribution in [2.24, 2.45) is 0 Å². The van der Waals surface area contributed by atoms with Gasteiger partial charge in [0, 0.05) is 17.4 Å². The van der Waals surface area contributed by atoms with Crippen LogP contribution in [0.3, 0.4) is 0 Å². The molecule has 0 radical (unpaired) electrons. The zero-order valence-electron chi connectivity index (χ0n) is 14.4. The number of benzene rings is 1. The summed E-state index contributed by atoms with van der Waals surface area (Å²) >= 11 is 3.13. The highest BCUT2D eigenvalue weighted by molar-refractivity contribution is 9.09. The first-order valence-electron chi connectivity index (χ1n) is 8.10. The van der Waals surface area contributed by atoms with Crippen LogP contribution < -0.4 is 11.0 Å². The minimum absolute atomic E-state index is 0.0651. The monoisotopic (exact) mass is 479 g/mol. The normalized spacial score (nSPS) is 17.6. The molecule has 0 fully saturated rings. The number of rotatable bonds is 4. The van der Waals surface area contributed by atoms with E-state index in [2.05, 4.69) is 26.3 Å². The van der Waals surface area contributed by atoms with Gasteiger partial charge in [-0.3, -0.25) is 14.4 Å². The number of nitrogens with one attached hydrogen (secondary N) is 1. The van der Waals surface area contributed by atoms with Gasteiger partial charge in [0.15, 0.2) is 0 Å². The zero-order chi connectivity index (χ0) is 20.6. The number of aromatic nitrogens is 2. The van der Waals surface area contributed by atoms with E-state index in [0.717, 1.165) is 29.2 Å². The molecule has 0 saturated carbocycles. The van der Waals surface area contributed by atoms with E-state index in [-0.39, 0.29) is 34.0 Å². The maximum Gasteiger partial charge on any atom is 0.412 e. The molecule has 5 nitrogen and oxygen atoms in total. The lowest BCUT2D eigenvalue weighted by atomic mass is 9.96. The maximum absolute atomic E-state index is 13.6. The number of fused-ring (bicyclic) bond motifs is 1. The molecule has 2 atom stereocenters. The number of hydrogen-bond acceptors (Lipinski definition) is 4. The lowest BCUT2D eigenvalue weighted by Gasteiger charge is -2.22. The van der Waals surface area contributed by atoms with Crippen LogP contribution in [0.15, 0.2) is 39.8 Å². The molecule has 0 saturated heterocycles. The smallest absolute Gasteiger partial charge is 0.289 e. The molecule has 1 aliphatic carbocycles. The molecule has 1 aromatic carbocycles. The molecule has 11 heteroatoms. The van der Waals surface area contributed by atoms with E-state index < -0.39 is 38.8 Å². The van der Waals surface area contributed by atoms with Crippen molar-refractivity contribution in [2.45, 2.75) is 29.2 Å². The van der Waals surface area contributed by atoms with Crippen LogP contribution in [0.2, 0.25) is 0 Å². The maximum atomic E-state index is 13.6. The second-order valence-electron chi connectivity index (χ2n) is 5.94. The van der Waals surface area contributed by atoms with Gasteiger partial charge in [-0.25, -0.2) is 14.1 Å². The minimum atomic E-state index is -4.57. The first-order valence-corrected chi connectivity index (χ1v) is 10.3. The Bertz CT molecular complexity index is 1040. The Hall–Kier alpha value is -2.01. The molecule has 1 N–H and O–H groups in total. The lowest BCUT2D eigenvalue weighted by Crippen LogP contribution is -2.32. The predicted octanol–water partition coefficient (Wildman–Crippen LogP) is 4.17. The van der Waals surface area contributed by atoms with Crippen LogP contribution in [0.5, 0.6) is 0 Å². The van der Waals surface area contributed by atoms with Crippen LogP contribution in [0, 0.1) is 5.82 Å².